The van der Waals surface area contributed by atoms with Crippen LogP contribution in [-0.2, 0) is 6.54 Å². The number of hydrogen-bond acceptors (Lipinski definition) is 7. The van der Waals surface area contributed by atoms with E-state index in [4.69, 9.17) is 9.47 Å². The number of rotatable bonds is 4. The molecular weight excluding hydrogens is 400 g/mol. The van der Waals surface area contributed by atoms with E-state index in [0.29, 0.717) is 24.8 Å². The second-order valence-electron chi connectivity index (χ2n) is 7.40. The maximum atomic E-state index is 13.1. The first-order chi connectivity index (χ1) is 14.7. The number of aryl methyl sites for hydroxylation is 1. The Morgan fingerprint density at radius 1 is 1.10 bits per heavy atom. The molecule has 4 heterocycles. The molecule has 154 valence electrons. The second kappa shape index (κ2) is 8.04. The second-order valence-corrected chi connectivity index (χ2v) is 8.40. The van der Waals surface area contributed by atoms with Gasteiger partial charge in [0.05, 0.1) is 11.4 Å². The predicted octanol–water partition coefficient (Wildman–Crippen LogP) is 3.20. The molecule has 0 spiro atoms. The Kier molecular flexibility index (Phi) is 5.10. The molecule has 3 aromatic rings. The summed E-state index contributed by atoms with van der Waals surface area (Å²) in [5, 5.41) is 0.790. The van der Waals surface area contributed by atoms with Crippen LogP contribution >= 0.6 is 11.3 Å². The zero-order valence-electron chi connectivity index (χ0n) is 16.7. The van der Waals surface area contributed by atoms with Gasteiger partial charge in [0.25, 0.3) is 5.91 Å². The average molecular weight is 423 g/mol. The summed E-state index contributed by atoms with van der Waals surface area (Å²) < 4.78 is 10.8. The number of thiazole rings is 1. The largest absolute Gasteiger partial charge is 0.454 e. The minimum atomic E-state index is 0.0647. The van der Waals surface area contributed by atoms with Gasteiger partial charge in [-0.1, -0.05) is 12.1 Å². The van der Waals surface area contributed by atoms with Crippen LogP contribution < -0.4 is 9.47 Å². The van der Waals surface area contributed by atoms with Gasteiger partial charge < -0.3 is 14.4 Å². The number of aromatic nitrogens is 2. The van der Waals surface area contributed by atoms with Crippen molar-refractivity contribution in [2.24, 2.45) is 0 Å². The van der Waals surface area contributed by atoms with Crippen molar-refractivity contribution >= 4 is 17.2 Å². The zero-order chi connectivity index (χ0) is 20.5. The summed E-state index contributed by atoms with van der Waals surface area (Å²) in [6.07, 6.45) is 1.74. The lowest BCUT2D eigenvalue weighted by atomic mass is 10.1. The summed E-state index contributed by atoms with van der Waals surface area (Å²) in [6.45, 7) is 6.11. The van der Waals surface area contributed by atoms with Crippen molar-refractivity contribution in [2.45, 2.75) is 13.5 Å². The summed E-state index contributed by atoms with van der Waals surface area (Å²) in [5.74, 6) is 1.68. The Hall–Kier alpha value is -2.97. The van der Waals surface area contributed by atoms with Crippen molar-refractivity contribution in [1.29, 1.82) is 0 Å². The van der Waals surface area contributed by atoms with Gasteiger partial charge >= 0.3 is 0 Å². The lowest BCUT2D eigenvalue weighted by Gasteiger charge is -2.34. The van der Waals surface area contributed by atoms with Crippen LogP contribution in [0, 0.1) is 6.92 Å². The predicted molar refractivity (Wildman–Crippen MR) is 114 cm³/mol. The van der Waals surface area contributed by atoms with Gasteiger partial charge in [0, 0.05) is 38.9 Å². The van der Waals surface area contributed by atoms with Crippen molar-refractivity contribution < 1.29 is 14.3 Å². The number of amides is 1. The Morgan fingerprint density at radius 2 is 1.93 bits per heavy atom. The summed E-state index contributed by atoms with van der Waals surface area (Å²) in [4.78, 5) is 27.0. The molecule has 0 bridgehead atoms. The molecule has 1 fully saturated rings. The number of carbonyl (C=O) groups excluding carboxylic acids is 1. The smallest absolute Gasteiger partial charge is 0.265 e. The van der Waals surface area contributed by atoms with E-state index in [0.717, 1.165) is 47.5 Å². The highest BCUT2D eigenvalue weighted by Gasteiger charge is 2.26. The molecule has 0 saturated carbocycles. The van der Waals surface area contributed by atoms with Gasteiger partial charge in [-0.15, -0.1) is 11.3 Å². The fourth-order valence-electron chi connectivity index (χ4n) is 3.74. The van der Waals surface area contributed by atoms with E-state index in [1.54, 1.807) is 6.20 Å². The van der Waals surface area contributed by atoms with E-state index in [9.17, 15) is 4.79 Å². The highest BCUT2D eigenvalue weighted by Crippen LogP contribution is 2.33. The number of nitrogens with zero attached hydrogens (tertiary/aromatic N) is 4. The maximum Gasteiger partial charge on any atom is 0.265 e. The van der Waals surface area contributed by atoms with Crippen molar-refractivity contribution in [3.05, 3.63) is 58.7 Å². The SMILES string of the molecule is Cc1nc(-c2ccccn2)sc1C(=O)N1CCN(Cc2ccc3c(c2)OCO3)CC1. The number of fused-ring (bicyclic) bond motifs is 1. The molecule has 0 radical (unpaired) electrons. The molecule has 0 N–H and O–H groups in total. The van der Waals surface area contributed by atoms with E-state index >= 15 is 0 Å². The highest BCUT2D eigenvalue weighted by atomic mass is 32.1. The average Bonchev–Trinajstić information content (AvgIpc) is 3.40. The molecule has 0 unspecified atom stereocenters. The summed E-state index contributed by atoms with van der Waals surface area (Å²) in [5.41, 5.74) is 2.77. The van der Waals surface area contributed by atoms with Crippen molar-refractivity contribution in [3.8, 4) is 22.2 Å². The van der Waals surface area contributed by atoms with E-state index in [1.165, 1.54) is 16.9 Å². The molecule has 2 aliphatic heterocycles. The highest BCUT2D eigenvalue weighted by molar-refractivity contribution is 7.17. The zero-order valence-corrected chi connectivity index (χ0v) is 17.5. The molecule has 5 rings (SSSR count). The first kappa shape index (κ1) is 19.0. The Balaban J connectivity index is 1.21. The normalized spacial score (nSPS) is 16.1. The number of carbonyl (C=O) groups is 1. The molecule has 2 aromatic heterocycles. The summed E-state index contributed by atoms with van der Waals surface area (Å²) in [7, 11) is 0. The minimum absolute atomic E-state index is 0.0647. The van der Waals surface area contributed by atoms with Crippen LogP contribution in [-0.4, -0.2) is 58.6 Å². The van der Waals surface area contributed by atoms with Crippen LogP contribution in [0.15, 0.2) is 42.6 Å². The molecule has 1 aromatic carbocycles. The standard InChI is InChI=1S/C22H22N4O3S/c1-15-20(30-21(24-15)17-4-2-3-7-23-17)22(27)26-10-8-25(9-11-26)13-16-5-6-18-19(12-16)29-14-28-18/h2-7,12H,8-11,13-14H2,1H3. The van der Waals surface area contributed by atoms with Crippen LogP contribution in [0.25, 0.3) is 10.7 Å². The monoisotopic (exact) mass is 422 g/mol. The van der Waals surface area contributed by atoms with Gasteiger partial charge in [-0.2, -0.15) is 0 Å². The van der Waals surface area contributed by atoms with Crippen LogP contribution in [0.5, 0.6) is 11.5 Å². The lowest BCUT2D eigenvalue weighted by molar-refractivity contribution is 0.0632. The molecule has 8 heteroatoms. The van der Waals surface area contributed by atoms with E-state index in [1.807, 2.05) is 42.2 Å². The first-order valence-corrected chi connectivity index (χ1v) is 10.8. The Morgan fingerprint density at radius 3 is 2.73 bits per heavy atom. The molecule has 7 nitrogen and oxygen atoms in total. The number of benzene rings is 1. The molecule has 0 atom stereocenters. The Labute approximate surface area is 178 Å². The van der Waals surface area contributed by atoms with Crippen LogP contribution in [0.3, 0.4) is 0 Å². The van der Waals surface area contributed by atoms with Gasteiger partial charge in [-0.05, 0) is 36.8 Å². The van der Waals surface area contributed by atoms with Gasteiger partial charge in [0.2, 0.25) is 6.79 Å². The lowest BCUT2D eigenvalue weighted by Crippen LogP contribution is -2.48. The van der Waals surface area contributed by atoms with Gasteiger partial charge in [0.1, 0.15) is 9.88 Å². The van der Waals surface area contributed by atoms with E-state index in [-0.39, 0.29) is 5.91 Å². The van der Waals surface area contributed by atoms with E-state index < -0.39 is 0 Å². The fourth-order valence-corrected chi connectivity index (χ4v) is 4.75. The van der Waals surface area contributed by atoms with Crippen molar-refractivity contribution in [1.82, 2.24) is 19.8 Å². The Bertz CT molecular complexity index is 1060. The third kappa shape index (κ3) is 3.76. The van der Waals surface area contributed by atoms with Crippen molar-refractivity contribution in [2.75, 3.05) is 33.0 Å². The first-order valence-electron chi connectivity index (χ1n) is 9.96. The molecule has 1 amide bonds. The number of hydrogen-bond donors (Lipinski definition) is 0. The molecule has 0 aliphatic carbocycles. The summed E-state index contributed by atoms with van der Waals surface area (Å²) in [6, 6.07) is 11.8. The third-order valence-electron chi connectivity index (χ3n) is 5.38. The topological polar surface area (TPSA) is 67.8 Å². The van der Waals surface area contributed by atoms with Gasteiger partial charge in [-0.25, -0.2) is 4.98 Å². The van der Waals surface area contributed by atoms with Crippen LogP contribution in [0.2, 0.25) is 0 Å². The maximum absolute atomic E-state index is 13.1. The van der Waals surface area contributed by atoms with Crippen LogP contribution in [0.1, 0.15) is 20.9 Å². The summed E-state index contributed by atoms with van der Waals surface area (Å²) >= 11 is 1.42. The van der Waals surface area contributed by atoms with Gasteiger partial charge in [0.15, 0.2) is 11.5 Å². The molecular formula is C22H22N4O3S. The third-order valence-corrected chi connectivity index (χ3v) is 6.55. The number of piperazine rings is 1. The quantitative estimate of drug-likeness (QED) is 0.643. The van der Waals surface area contributed by atoms with Gasteiger partial charge in [-0.3, -0.25) is 14.7 Å². The number of pyridine rings is 1. The van der Waals surface area contributed by atoms with Crippen LogP contribution in [0.4, 0.5) is 0 Å². The van der Waals surface area contributed by atoms with E-state index in [2.05, 4.69) is 20.9 Å². The molecule has 1 saturated heterocycles. The van der Waals surface area contributed by atoms with Crippen molar-refractivity contribution in [3.63, 3.8) is 0 Å². The molecule has 30 heavy (non-hydrogen) atoms. The molecule has 2 aliphatic rings. The fraction of sp³-hybridized carbons (Fsp3) is 0.318. The minimum Gasteiger partial charge on any atom is -0.454 e. The number of ether oxygens (including phenoxy) is 2.